The number of benzene rings is 1. The average Bonchev–Trinajstić information content (AvgIpc) is 3.14. The zero-order valence-electron chi connectivity index (χ0n) is 10.6. The fourth-order valence-electron chi connectivity index (χ4n) is 1.66. The number of hydrogen-bond donors (Lipinski definition) is 2. The Labute approximate surface area is 127 Å². The van der Waals surface area contributed by atoms with Gasteiger partial charge in [0.1, 0.15) is 5.54 Å². The first-order chi connectivity index (χ1) is 8.90. The van der Waals surface area contributed by atoms with E-state index in [1.165, 1.54) is 0 Å². The molecule has 1 fully saturated rings. The zero-order valence-corrected chi connectivity index (χ0v) is 12.9. The predicted molar refractivity (Wildman–Crippen MR) is 80.9 cm³/mol. The molecule has 0 radical (unpaired) electrons. The molecule has 0 aliphatic heterocycles. The van der Waals surface area contributed by atoms with Gasteiger partial charge in [-0.25, -0.2) is 0 Å². The Hall–Kier alpha value is -0.420. The molecule has 0 saturated heterocycles. The number of nitrogens with one attached hydrogen (secondary N) is 1. The van der Waals surface area contributed by atoms with E-state index >= 15 is 0 Å². The van der Waals surface area contributed by atoms with E-state index < -0.39 is 5.54 Å². The van der Waals surface area contributed by atoms with Crippen molar-refractivity contribution in [2.45, 2.75) is 36.2 Å². The number of rotatable bonds is 6. The summed E-state index contributed by atoms with van der Waals surface area (Å²) < 4.78 is 0. The molecular weight excluding hydrogens is 303 g/mol. The van der Waals surface area contributed by atoms with Gasteiger partial charge in [-0.15, -0.1) is 11.8 Å². The molecule has 2 rings (SSSR count). The maximum absolute atomic E-state index is 11.6. The van der Waals surface area contributed by atoms with Gasteiger partial charge >= 0.3 is 0 Å². The molecule has 1 atom stereocenters. The van der Waals surface area contributed by atoms with Crippen molar-refractivity contribution < 1.29 is 4.79 Å². The molecule has 6 heteroatoms. The molecule has 0 spiro atoms. The Kier molecular flexibility index (Phi) is 4.66. The van der Waals surface area contributed by atoms with Crippen LogP contribution < -0.4 is 11.1 Å². The molecule has 0 aromatic heterocycles. The first-order valence-electron chi connectivity index (χ1n) is 6.06. The minimum atomic E-state index is -0.696. The topological polar surface area (TPSA) is 55.1 Å². The van der Waals surface area contributed by atoms with Crippen molar-refractivity contribution in [3.05, 3.63) is 28.2 Å². The summed E-state index contributed by atoms with van der Waals surface area (Å²) in [6.45, 7) is 1.85. The molecule has 19 heavy (non-hydrogen) atoms. The van der Waals surface area contributed by atoms with Gasteiger partial charge in [-0.1, -0.05) is 23.2 Å². The Morgan fingerprint density at radius 3 is 2.68 bits per heavy atom. The quantitative estimate of drug-likeness (QED) is 0.792. The summed E-state index contributed by atoms with van der Waals surface area (Å²) >= 11 is 13.4. The number of carbonyl (C=O) groups is 1. The zero-order chi connectivity index (χ0) is 14.0. The van der Waals surface area contributed by atoms with E-state index in [0.29, 0.717) is 21.8 Å². The molecule has 1 unspecified atom stereocenters. The van der Waals surface area contributed by atoms with Crippen molar-refractivity contribution >= 4 is 40.9 Å². The smallest absolute Gasteiger partial charge is 0.238 e. The van der Waals surface area contributed by atoms with Crippen LogP contribution in [0.1, 0.15) is 19.8 Å². The van der Waals surface area contributed by atoms with Crippen molar-refractivity contribution in [3.63, 3.8) is 0 Å². The minimum absolute atomic E-state index is 0.327. The Morgan fingerprint density at radius 1 is 1.47 bits per heavy atom. The second-order valence-corrected chi connectivity index (χ2v) is 6.84. The molecule has 0 heterocycles. The lowest BCUT2D eigenvalue weighted by molar-refractivity contribution is -0.123. The highest BCUT2D eigenvalue weighted by Gasteiger charge is 2.36. The van der Waals surface area contributed by atoms with Gasteiger partial charge in [0.25, 0.3) is 0 Å². The highest BCUT2D eigenvalue weighted by molar-refractivity contribution is 7.99. The Balaban J connectivity index is 2.01. The lowest BCUT2D eigenvalue weighted by Gasteiger charge is -2.27. The molecule has 1 aliphatic rings. The predicted octanol–water partition coefficient (Wildman–Crippen LogP) is 3.08. The number of amides is 1. The number of primary amides is 1. The molecule has 3 N–H and O–H groups in total. The van der Waals surface area contributed by atoms with Crippen LogP contribution in [-0.4, -0.2) is 23.2 Å². The maximum atomic E-state index is 11.6. The third kappa shape index (κ3) is 4.02. The fourth-order valence-corrected chi connectivity index (χ4v) is 3.07. The monoisotopic (exact) mass is 318 g/mol. The molecule has 1 saturated carbocycles. The summed E-state index contributed by atoms with van der Waals surface area (Å²) in [5.74, 6) is 0.239. The van der Waals surface area contributed by atoms with Gasteiger partial charge in [0.2, 0.25) is 5.91 Å². The molecule has 1 amide bonds. The van der Waals surface area contributed by atoms with E-state index in [0.717, 1.165) is 17.7 Å². The van der Waals surface area contributed by atoms with Crippen LogP contribution in [0.25, 0.3) is 0 Å². The minimum Gasteiger partial charge on any atom is -0.368 e. The van der Waals surface area contributed by atoms with Crippen LogP contribution in [0.3, 0.4) is 0 Å². The number of carbonyl (C=O) groups excluding carboxylic acids is 1. The maximum Gasteiger partial charge on any atom is 0.238 e. The largest absolute Gasteiger partial charge is 0.368 e. The lowest BCUT2D eigenvalue weighted by atomic mass is 10.1. The molecule has 0 bridgehead atoms. The summed E-state index contributed by atoms with van der Waals surface area (Å²) in [5, 5.41) is 4.35. The third-order valence-electron chi connectivity index (χ3n) is 3.06. The van der Waals surface area contributed by atoms with Crippen LogP contribution >= 0.6 is 35.0 Å². The van der Waals surface area contributed by atoms with Crippen molar-refractivity contribution in [3.8, 4) is 0 Å². The van der Waals surface area contributed by atoms with E-state index in [9.17, 15) is 4.79 Å². The standard InChI is InChI=1S/C13H16Cl2N2OS/c1-13(12(16)18,17-8-2-3-8)7-19-9-4-5-10(14)11(15)6-9/h4-6,8,17H,2-3,7H2,1H3,(H2,16,18). The van der Waals surface area contributed by atoms with Crippen molar-refractivity contribution in [2.24, 2.45) is 5.73 Å². The van der Waals surface area contributed by atoms with Crippen LogP contribution in [0.15, 0.2) is 23.1 Å². The van der Waals surface area contributed by atoms with E-state index in [1.54, 1.807) is 23.9 Å². The highest BCUT2D eigenvalue weighted by atomic mass is 35.5. The van der Waals surface area contributed by atoms with Gasteiger partial charge in [0.05, 0.1) is 10.0 Å². The van der Waals surface area contributed by atoms with Gasteiger partial charge < -0.3 is 11.1 Å². The summed E-state index contributed by atoms with van der Waals surface area (Å²) in [6.07, 6.45) is 2.22. The normalized spacial score (nSPS) is 18.1. The number of nitrogens with two attached hydrogens (primary N) is 1. The molecule has 1 aromatic rings. The summed E-state index contributed by atoms with van der Waals surface area (Å²) in [6, 6.07) is 5.86. The first kappa shape index (κ1) is 15.0. The summed E-state index contributed by atoms with van der Waals surface area (Å²) in [5.41, 5.74) is 4.81. The molecule has 3 nitrogen and oxygen atoms in total. The van der Waals surface area contributed by atoms with Crippen molar-refractivity contribution in [1.82, 2.24) is 5.32 Å². The van der Waals surface area contributed by atoms with Crippen LogP contribution in [0, 0.1) is 0 Å². The van der Waals surface area contributed by atoms with Crippen LogP contribution in [0.2, 0.25) is 10.0 Å². The van der Waals surface area contributed by atoms with Gasteiger partial charge in [-0.3, -0.25) is 4.79 Å². The second-order valence-electron chi connectivity index (χ2n) is 4.98. The van der Waals surface area contributed by atoms with Crippen molar-refractivity contribution in [2.75, 3.05) is 5.75 Å². The van der Waals surface area contributed by atoms with E-state index in [2.05, 4.69) is 5.32 Å². The van der Waals surface area contributed by atoms with Gasteiger partial charge in [0, 0.05) is 16.7 Å². The Bertz CT molecular complexity index is 494. The van der Waals surface area contributed by atoms with E-state index in [-0.39, 0.29) is 5.91 Å². The van der Waals surface area contributed by atoms with Crippen LogP contribution in [0.5, 0.6) is 0 Å². The molecular formula is C13H16Cl2N2OS. The molecule has 1 aromatic carbocycles. The van der Waals surface area contributed by atoms with Gasteiger partial charge in [-0.2, -0.15) is 0 Å². The molecule has 104 valence electrons. The van der Waals surface area contributed by atoms with E-state index in [4.69, 9.17) is 28.9 Å². The summed E-state index contributed by atoms with van der Waals surface area (Å²) in [4.78, 5) is 12.6. The van der Waals surface area contributed by atoms with Gasteiger partial charge in [0.15, 0.2) is 0 Å². The lowest BCUT2D eigenvalue weighted by Crippen LogP contribution is -2.55. The number of thioether (sulfide) groups is 1. The van der Waals surface area contributed by atoms with Crippen molar-refractivity contribution in [1.29, 1.82) is 0 Å². The molecule has 1 aliphatic carbocycles. The third-order valence-corrected chi connectivity index (χ3v) is 5.11. The highest BCUT2D eigenvalue weighted by Crippen LogP contribution is 2.31. The average molecular weight is 319 g/mol. The van der Waals surface area contributed by atoms with Crippen LogP contribution in [-0.2, 0) is 4.79 Å². The Morgan fingerprint density at radius 2 is 2.16 bits per heavy atom. The van der Waals surface area contributed by atoms with Gasteiger partial charge in [-0.05, 0) is 38.0 Å². The number of hydrogen-bond acceptors (Lipinski definition) is 3. The fraction of sp³-hybridized carbons (Fsp3) is 0.462. The first-order valence-corrected chi connectivity index (χ1v) is 7.80. The van der Waals surface area contributed by atoms with Crippen LogP contribution in [0.4, 0.5) is 0 Å². The number of halogens is 2. The van der Waals surface area contributed by atoms with E-state index in [1.807, 2.05) is 13.0 Å². The second kappa shape index (κ2) is 5.92. The summed E-state index contributed by atoms with van der Waals surface area (Å²) in [7, 11) is 0. The SMILES string of the molecule is CC(CSc1ccc(Cl)c(Cl)c1)(NC1CC1)C(N)=O.